The Morgan fingerprint density at radius 1 is 0.431 bits per heavy atom. The summed E-state index contributed by atoms with van der Waals surface area (Å²) in [4.78, 5) is 60.4. The van der Waals surface area contributed by atoms with Gasteiger partial charge in [0.05, 0.1) is 75.4 Å². The molecule has 0 aliphatic carbocycles. The second-order valence-electron chi connectivity index (χ2n) is 14.2. The van der Waals surface area contributed by atoms with Crippen LogP contribution in [-0.4, -0.2) is 150 Å². The largest absolute Gasteiger partial charge is 0.495 e. The van der Waals surface area contributed by atoms with Crippen molar-refractivity contribution in [2.24, 2.45) is 0 Å². The fraction of sp³-hybridized carbons (Fsp3) is 0.476. The Kier molecular flexibility index (Phi) is 18.2. The maximum atomic E-state index is 13.5. The summed E-state index contributed by atoms with van der Waals surface area (Å²) in [6, 6.07) is 15.7. The van der Waals surface area contributed by atoms with E-state index in [1.807, 2.05) is 85.9 Å². The molecule has 0 unspecified atom stereocenters. The van der Waals surface area contributed by atoms with Crippen LogP contribution in [0.15, 0.2) is 60.7 Å². The van der Waals surface area contributed by atoms with Crippen molar-refractivity contribution in [1.82, 2.24) is 19.6 Å². The smallest absolute Gasteiger partial charge is 0.241 e. The Hall–Kier alpha value is -5.42. The van der Waals surface area contributed by atoms with Gasteiger partial charge < -0.3 is 40.2 Å². The van der Waals surface area contributed by atoms with Crippen LogP contribution in [0.5, 0.6) is 23.0 Å². The van der Waals surface area contributed by atoms with E-state index in [4.69, 9.17) is 18.9 Å². The SMILES string of the molecule is COc1ccccc1NC(=O)[C@H](C)N(C)CCN(C)[C@@H](C)C(=O)Nc1cc(OC)c(NC(=O)[C@H](C)N(C)CCN(C)[C@@H](C)C(=O)Nc2ccccc2OC)cc1OC. The lowest BCUT2D eigenvalue weighted by atomic mass is 10.2. The molecule has 16 nitrogen and oxygen atoms in total. The summed E-state index contributed by atoms with van der Waals surface area (Å²) in [6.45, 7) is 9.27. The van der Waals surface area contributed by atoms with Gasteiger partial charge in [0.25, 0.3) is 0 Å². The van der Waals surface area contributed by atoms with Crippen molar-refractivity contribution in [3.05, 3.63) is 60.7 Å². The Labute approximate surface area is 343 Å². The van der Waals surface area contributed by atoms with Crippen molar-refractivity contribution < 1.29 is 38.1 Å². The molecule has 0 aliphatic heterocycles. The minimum absolute atomic E-state index is 0.176. The fourth-order valence-electron chi connectivity index (χ4n) is 5.74. The number of carbonyl (C=O) groups excluding carboxylic acids is 4. The molecular weight excluding hydrogens is 745 g/mol. The van der Waals surface area contributed by atoms with Gasteiger partial charge in [0, 0.05) is 38.3 Å². The standard InChI is InChI=1S/C42H62N8O8/c1-27(39(51)43-31-17-13-15-19-35(31)55-9)47(5)21-23-49(7)29(3)41(53)45-33-25-38(58-12)34(26-37(33)57-11)46-42(54)30(4)50(8)24-22-48(6)28(2)40(52)44-32-18-14-16-20-36(32)56-10/h13-20,25-30H,21-24H2,1-12H3,(H,43,51)(H,44,52)(H,45,53)(H,46,54)/t27-,28-,29-,30-/m0/s1. The first-order chi connectivity index (χ1) is 27.6. The number of hydrogen-bond acceptors (Lipinski definition) is 12. The zero-order valence-corrected chi connectivity index (χ0v) is 36.0. The molecule has 4 N–H and O–H groups in total. The fourth-order valence-corrected chi connectivity index (χ4v) is 5.74. The lowest BCUT2D eigenvalue weighted by Gasteiger charge is -2.29. The van der Waals surface area contributed by atoms with Gasteiger partial charge in [0.15, 0.2) is 0 Å². The van der Waals surface area contributed by atoms with Gasteiger partial charge in [0.2, 0.25) is 23.6 Å². The highest BCUT2D eigenvalue weighted by Gasteiger charge is 2.26. The highest BCUT2D eigenvalue weighted by Crippen LogP contribution is 2.37. The van der Waals surface area contributed by atoms with Gasteiger partial charge in [-0.25, -0.2) is 0 Å². The maximum absolute atomic E-state index is 13.5. The molecule has 4 amide bonds. The van der Waals surface area contributed by atoms with Gasteiger partial charge in [-0.05, 0) is 80.2 Å². The molecule has 0 bridgehead atoms. The number of hydrogen-bond donors (Lipinski definition) is 4. The molecular formula is C42H62N8O8. The molecule has 16 heteroatoms. The number of methoxy groups -OCH3 is 4. The number of ether oxygens (including phenoxy) is 4. The summed E-state index contributed by atoms with van der Waals surface area (Å²) < 4.78 is 21.9. The molecule has 3 aromatic carbocycles. The third-order valence-corrected chi connectivity index (χ3v) is 10.5. The molecule has 318 valence electrons. The van der Waals surface area contributed by atoms with E-state index < -0.39 is 24.2 Å². The van der Waals surface area contributed by atoms with Crippen LogP contribution in [0, 0.1) is 0 Å². The van der Waals surface area contributed by atoms with Crippen LogP contribution in [0.25, 0.3) is 0 Å². The zero-order valence-electron chi connectivity index (χ0n) is 36.0. The molecule has 0 aromatic heterocycles. The van der Waals surface area contributed by atoms with Gasteiger partial charge in [-0.1, -0.05) is 24.3 Å². The predicted molar refractivity (Wildman–Crippen MR) is 228 cm³/mol. The van der Waals surface area contributed by atoms with E-state index in [0.717, 1.165) is 0 Å². The van der Waals surface area contributed by atoms with Crippen LogP contribution in [0.3, 0.4) is 0 Å². The number of nitrogens with zero attached hydrogens (tertiary/aromatic N) is 4. The van der Waals surface area contributed by atoms with E-state index in [2.05, 4.69) is 21.3 Å². The summed E-state index contributed by atoms with van der Waals surface area (Å²) in [5.74, 6) is 0.901. The van der Waals surface area contributed by atoms with Crippen molar-refractivity contribution >= 4 is 46.4 Å². The summed E-state index contributed by atoms with van der Waals surface area (Å²) >= 11 is 0. The maximum Gasteiger partial charge on any atom is 0.241 e. The average Bonchev–Trinajstić information content (AvgIpc) is 3.23. The van der Waals surface area contributed by atoms with Crippen LogP contribution in [-0.2, 0) is 19.2 Å². The van der Waals surface area contributed by atoms with Crippen LogP contribution < -0.4 is 40.2 Å². The van der Waals surface area contributed by atoms with E-state index in [-0.39, 0.29) is 23.6 Å². The second kappa shape index (κ2) is 22.5. The topological polar surface area (TPSA) is 166 Å². The quantitative estimate of drug-likeness (QED) is 0.115. The Morgan fingerprint density at radius 2 is 0.672 bits per heavy atom. The highest BCUT2D eigenvalue weighted by atomic mass is 16.5. The first-order valence-electron chi connectivity index (χ1n) is 19.1. The minimum Gasteiger partial charge on any atom is -0.495 e. The third-order valence-electron chi connectivity index (χ3n) is 10.5. The van der Waals surface area contributed by atoms with Crippen LogP contribution in [0.2, 0.25) is 0 Å². The van der Waals surface area contributed by atoms with Crippen molar-refractivity contribution in [1.29, 1.82) is 0 Å². The van der Waals surface area contributed by atoms with E-state index >= 15 is 0 Å². The van der Waals surface area contributed by atoms with Crippen LogP contribution >= 0.6 is 0 Å². The number of anilines is 4. The summed E-state index contributed by atoms with van der Waals surface area (Å²) in [6.07, 6.45) is 0. The summed E-state index contributed by atoms with van der Waals surface area (Å²) in [5.41, 5.74) is 1.94. The monoisotopic (exact) mass is 806 g/mol. The van der Waals surface area contributed by atoms with Gasteiger partial charge in [-0.3, -0.25) is 38.8 Å². The number of para-hydroxylation sites is 4. The molecule has 4 atom stereocenters. The Bertz CT molecular complexity index is 1710. The molecule has 0 saturated heterocycles. The molecule has 0 radical (unpaired) electrons. The number of amides is 4. The van der Waals surface area contributed by atoms with E-state index in [0.29, 0.717) is 71.9 Å². The third kappa shape index (κ3) is 12.8. The molecule has 0 fully saturated rings. The van der Waals surface area contributed by atoms with Crippen LogP contribution in [0.4, 0.5) is 22.7 Å². The molecule has 3 rings (SSSR count). The van der Waals surface area contributed by atoms with E-state index in [9.17, 15) is 19.2 Å². The molecule has 3 aromatic rings. The van der Waals surface area contributed by atoms with Crippen LogP contribution in [0.1, 0.15) is 27.7 Å². The van der Waals surface area contributed by atoms with Gasteiger partial charge in [-0.15, -0.1) is 0 Å². The number of likely N-dealkylation sites (N-methyl/N-ethyl adjacent to an activating group) is 4. The lowest BCUT2D eigenvalue weighted by molar-refractivity contribution is -0.122. The average molecular weight is 807 g/mol. The summed E-state index contributed by atoms with van der Waals surface area (Å²) in [7, 11) is 13.4. The Balaban J connectivity index is 1.55. The van der Waals surface area contributed by atoms with E-state index in [1.54, 1.807) is 64.5 Å². The number of benzene rings is 3. The molecule has 0 aliphatic rings. The lowest BCUT2D eigenvalue weighted by Crippen LogP contribution is -2.46. The van der Waals surface area contributed by atoms with Gasteiger partial charge >= 0.3 is 0 Å². The normalized spacial score (nSPS) is 13.4. The minimum atomic E-state index is -0.540. The van der Waals surface area contributed by atoms with Crippen molar-refractivity contribution in [3.8, 4) is 23.0 Å². The highest BCUT2D eigenvalue weighted by molar-refractivity contribution is 6.00. The molecule has 0 heterocycles. The van der Waals surface area contributed by atoms with Gasteiger partial charge in [0.1, 0.15) is 23.0 Å². The molecule has 0 spiro atoms. The second-order valence-corrected chi connectivity index (χ2v) is 14.2. The number of carbonyl (C=O) groups is 4. The van der Waals surface area contributed by atoms with E-state index in [1.165, 1.54) is 14.2 Å². The first-order valence-corrected chi connectivity index (χ1v) is 19.1. The van der Waals surface area contributed by atoms with Crippen molar-refractivity contribution in [2.45, 2.75) is 51.9 Å². The van der Waals surface area contributed by atoms with Crippen molar-refractivity contribution in [3.63, 3.8) is 0 Å². The number of nitrogens with one attached hydrogen (secondary N) is 4. The van der Waals surface area contributed by atoms with Gasteiger partial charge in [-0.2, -0.15) is 0 Å². The number of rotatable bonds is 22. The van der Waals surface area contributed by atoms with Crippen molar-refractivity contribution in [2.75, 3.05) is 104 Å². The first kappa shape index (κ1) is 47.0. The molecule has 58 heavy (non-hydrogen) atoms. The summed E-state index contributed by atoms with van der Waals surface area (Å²) in [5, 5.41) is 11.7. The predicted octanol–water partition coefficient (Wildman–Crippen LogP) is 4.16. The zero-order chi connectivity index (χ0) is 43.1. The Morgan fingerprint density at radius 3 is 0.931 bits per heavy atom. The molecule has 0 saturated carbocycles.